The number of nitrogens with zero attached hydrogens (tertiary/aromatic N) is 3. The smallest absolute Gasteiger partial charge is 0.257 e. The van der Waals surface area contributed by atoms with Crippen molar-refractivity contribution in [2.24, 2.45) is 11.7 Å². The molecule has 2 aromatic carbocycles. The fraction of sp³-hybridized carbons (Fsp3) is 0.438. The van der Waals surface area contributed by atoms with E-state index in [-0.39, 0.29) is 23.8 Å². The van der Waals surface area contributed by atoms with Crippen LogP contribution in [0.25, 0.3) is 5.57 Å². The summed E-state index contributed by atoms with van der Waals surface area (Å²) < 4.78 is 5.98. The highest BCUT2D eigenvalue weighted by Crippen LogP contribution is 2.41. The molecule has 0 radical (unpaired) electrons. The molecule has 9 heteroatoms. The van der Waals surface area contributed by atoms with E-state index in [1.807, 2.05) is 65.6 Å². The van der Waals surface area contributed by atoms with Crippen LogP contribution >= 0.6 is 0 Å². The zero-order chi connectivity index (χ0) is 28.3. The van der Waals surface area contributed by atoms with Crippen molar-refractivity contribution in [2.45, 2.75) is 56.9 Å². The van der Waals surface area contributed by atoms with Gasteiger partial charge in [0.15, 0.2) is 0 Å². The number of para-hydroxylation sites is 1. The van der Waals surface area contributed by atoms with Crippen LogP contribution in [-0.2, 0) is 9.59 Å². The molecular weight excluding hydrogens is 516 g/mol. The summed E-state index contributed by atoms with van der Waals surface area (Å²) in [6.07, 6.45) is 9.71. The summed E-state index contributed by atoms with van der Waals surface area (Å²) in [6, 6.07) is 17.9. The van der Waals surface area contributed by atoms with Crippen molar-refractivity contribution in [1.29, 1.82) is 0 Å². The van der Waals surface area contributed by atoms with Gasteiger partial charge in [0.1, 0.15) is 17.5 Å². The lowest BCUT2D eigenvalue weighted by Gasteiger charge is -2.43. The summed E-state index contributed by atoms with van der Waals surface area (Å²) in [5.74, 6) is 1.23. The van der Waals surface area contributed by atoms with Crippen molar-refractivity contribution in [3.63, 3.8) is 0 Å². The van der Waals surface area contributed by atoms with E-state index in [1.165, 1.54) is 12.8 Å². The van der Waals surface area contributed by atoms with Crippen LogP contribution in [0.5, 0.6) is 11.5 Å². The molecule has 0 aromatic heterocycles. The molecule has 3 unspecified atom stereocenters. The summed E-state index contributed by atoms with van der Waals surface area (Å²) >= 11 is 0. The molecule has 0 bridgehead atoms. The number of likely N-dealkylation sites (tertiary alicyclic amines) is 1. The maximum absolute atomic E-state index is 13.2. The van der Waals surface area contributed by atoms with Crippen molar-refractivity contribution >= 4 is 17.4 Å². The minimum Gasteiger partial charge on any atom is -0.457 e. The second kappa shape index (κ2) is 12.1. The number of piperidine rings is 1. The fourth-order valence-electron chi connectivity index (χ4n) is 6.40. The highest BCUT2D eigenvalue weighted by Gasteiger charge is 2.49. The first-order valence-corrected chi connectivity index (χ1v) is 14.8. The van der Waals surface area contributed by atoms with Gasteiger partial charge in [0, 0.05) is 49.9 Å². The van der Waals surface area contributed by atoms with Gasteiger partial charge in [-0.05, 0) is 67.6 Å². The average molecular weight is 557 g/mol. The van der Waals surface area contributed by atoms with Crippen molar-refractivity contribution < 1.29 is 14.3 Å². The van der Waals surface area contributed by atoms with Crippen molar-refractivity contribution in [2.75, 3.05) is 26.2 Å². The van der Waals surface area contributed by atoms with E-state index >= 15 is 0 Å². The molecule has 4 atom stereocenters. The molecular formula is C32H40N6O3. The molecule has 1 saturated carbocycles. The first-order valence-electron chi connectivity index (χ1n) is 14.8. The topological polar surface area (TPSA) is 103 Å². The number of carbonyl (C=O) groups is 2. The Kier molecular flexibility index (Phi) is 8.09. The van der Waals surface area contributed by atoms with E-state index in [9.17, 15) is 9.59 Å². The number of fused-ring (bicyclic) bond motifs is 1. The Hall–Kier alpha value is -3.66. The van der Waals surface area contributed by atoms with Crippen LogP contribution < -0.4 is 21.3 Å². The number of carbonyl (C=O) groups excluding carboxylic acids is 2. The van der Waals surface area contributed by atoms with Gasteiger partial charge in [0.05, 0.1) is 6.17 Å². The highest BCUT2D eigenvalue weighted by atomic mass is 16.5. The van der Waals surface area contributed by atoms with E-state index in [2.05, 4.69) is 33.8 Å². The molecule has 6 rings (SSSR count). The van der Waals surface area contributed by atoms with E-state index in [1.54, 1.807) is 6.08 Å². The van der Waals surface area contributed by atoms with Gasteiger partial charge in [-0.2, -0.15) is 0 Å². The molecule has 2 aromatic rings. The van der Waals surface area contributed by atoms with Crippen molar-refractivity contribution in [3.8, 4) is 11.5 Å². The number of hydrazine groups is 1. The monoisotopic (exact) mass is 556 g/mol. The molecule has 4 N–H and O–H groups in total. The molecule has 1 aliphatic carbocycles. The first-order chi connectivity index (χ1) is 20.0. The lowest BCUT2D eigenvalue weighted by molar-refractivity contribution is -0.132. The standard InChI is InChI=1S/C32H40N6O3/c1-2-36(23-14-15-23)18-7-11-28(39)37-19-6-8-24(20-37)38-21-27(29-30(38)32(40)35-34-31(29)33)22-12-16-26(17-13-22)41-25-9-4-3-5-10-25/h3-5,7,9-13,16-17,21,23-24,29-31,34H,2,6,8,14-15,18-20,33H2,1H3,(H,35,40)/b11-7+/t24-,29?,30?,31?/m1/s1. The normalized spacial score (nSPS) is 26.2. The lowest BCUT2D eigenvalue weighted by atomic mass is 9.86. The Morgan fingerprint density at radius 1 is 1.10 bits per heavy atom. The average Bonchev–Trinajstić information content (AvgIpc) is 3.76. The molecule has 4 aliphatic rings. The minimum atomic E-state index is -0.438. The van der Waals surface area contributed by atoms with Gasteiger partial charge >= 0.3 is 0 Å². The summed E-state index contributed by atoms with van der Waals surface area (Å²) in [7, 11) is 0. The van der Waals surface area contributed by atoms with Gasteiger partial charge in [0.25, 0.3) is 5.91 Å². The van der Waals surface area contributed by atoms with Gasteiger partial charge < -0.3 is 20.3 Å². The van der Waals surface area contributed by atoms with Gasteiger partial charge in [-0.15, -0.1) is 0 Å². The van der Waals surface area contributed by atoms with Gasteiger partial charge in [-0.1, -0.05) is 43.3 Å². The summed E-state index contributed by atoms with van der Waals surface area (Å²) in [5, 5.41) is 0. The summed E-state index contributed by atoms with van der Waals surface area (Å²) in [5.41, 5.74) is 14.3. The Morgan fingerprint density at radius 3 is 2.59 bits per heavy atom. The summed E-state index contributed by atoms with van der Waals surface area (Å²) in [4.78, 5) is 32.8. The van der Waals surface area contributed by atoms with Crippen LogP contribution in [0.2, 0.25) is 0 Å². The van der Waals surface area contributed by atoms with Crippen molar-refractivity contribution in [1.82, 2.24) is 25.6 Å². The maximum Gasteiger partial charge on any atom is 0.257 e. The molecule has 2 saturated heterocycles. The molecule has 3 fully saturated rings. The number of nitrogens with one attached hydrogen (secondary N) is 2. The zero-order valence-electron chi connectivity index (χ0n) is 23.6. The highest BCUT2D eigenvalue weighted by molar-refractivity contribution is 5.89. The van der Waals surface area contributed by atoms with Gasteiger partial charge in [-0.3, -0.25) is 19.9 Å². The van der Waals surface area contributed by atoms with E-state index < -0.39 is 12.2 Å². The number of rotatable bonds is 9. The number of hydrogen-bond acceptors (Lipinski definition) is 7. The predicted molar refractivity (Wildman–Crippen MR) is 158 cm³/mol. The maximum atomic E-state index is 13.2. The van der Waals surface area contributed by atoms with Crippen LogP contribution in [0.1, 0.15) is 38.2 Å². The molecule has 0 spiro atoms. The van der Waals surface area contributed by atoms with Crippen molar-refractivity contribution in [3.05, 3.63) is 78.5 Å². The first kappa shape index (κ1) is 27.5. The van der Waals surface area contributed by atoms with Crippen LogP contribution in [0.15, 0.2) is 72.9 Å². The number of hydrogen-bond donors (Lipinski definition) is 3. The number of benzene rings is 2. The molecule has 3 heterocycles. The third kappa shape index (κ3) is 6.02. The number of amides is 2. The Balaban J connectivity index is 1.18. The largest absolute Gasteiger partial charge is 0.457 e. The zero-order valence-corrected chi connectivity index (χ0v) is 23.6. The van der Waals surface area contributed by atoms with E-state index in [4.69, 9.17) is 10.5 Å². The molecule has 2 amide bonds. The Morgan fingerprint density at radius 2 is 1.85 bits per heavy atom. The molecule has 41 heavy (non-hydrogen) atoms. The predicted octanol–water partition coefficient (Wildman–Crippen LogP) is 3.07. The van der Waals surface area contributed by atoms with Crippen LogP contribution in [0.4, 0.5) is 0 Å². The second-order valence-electron chi connectivity index (χ2n) is 11.4. The number of likely N-dealkylation sites (N-methyl/N-ethyl adjacent to an activating group) is 1. The van der Waals surface area contributed by atoms with Crippen LogP contribution in [-0.4, -0.2) is 77.0 Å². The number of ether oxygens (including phenoxy) is 1. The van der Waals surface area contributed by atoms with Crippen LogP contribution in [0.3, 0.4) is 0 Å². The van der Waals surface area contributed by atoms with E-state index in [0.717, 1.165) is 55.1 Å². The second-order valence-corrected chi connectivity index (χ2v) is 11.4. The van der Waals surface area contributed by atoms with Gasteiger partial charge in [0.2, 0.25) is 5.91 Å². The van der Waals surface area contributed by atoms with E-state index in [0.29, 0.717) is 12.6 Å². The summed E-state index contributed by atoms with van der Waals surface area (Å²) in [6.45, 7) is 5.30. The SMILES string of the molecule is CCN(C/C=C/C(=O)N1CCC[C@@H](N2C=C(c3ccc(Oc4ccccc4)cc3)C3C(N)NNC(=O)C32)C1)C1CC1. The van der Waals surface area contributed by atoms with Gasteiger partial charge in [-0.25, -0.2) is 5.43 Å². The molecule has 3 aliphatic heterocycles. The molecule has 9 nitrogen and oxygen atoms in total. The Labute approximate surface area is 242 Å². The minimum absolute atomic E-state index is 0.0291. The third-order valence-corrected chi connectivity index (χ3v) is 8.69. The lowest BCUT2D eigenvalue weighted by Crippen LogP contribution is -2.67. The quantitative estimate of drug-likeness (QED) is 0.408. The number of nitrogens with two attached hydrogens (primary N) is 1. The Bertz CT molecular complexity index is 1290. The molecule has 216 valence electrons. The van der Waals surface area contributed by atoms with Crippen LogP contribution in [0, 0.1) is 5.92 Å². The fourth-order valence-corrected chi connectivity index (χ4v) is 6.40. The third-order valence-electron chi connectivity index (χ3n) is 8.69.